The summed E-state index contributed by atoms with van der Waals surface area (Å²) in [5.41, 5.74) is 1.29. The Hall–Kier alpha value is -2.14. The maximum Gasteiger partial charge on any atom is 0.292 e. The van der Waals surface area contributed by atoms with Crippen molar-refractivity contribution in [3.63, 3.8) is 0 Å². The molecule has 0 spiro atoms. The highest BCUT2D eigenvalue weighted by atomic mass is 35.5. The predicted octanol–water partition coefficient (Wildman–Crippen LogP) is 2.00. The molecule has 5 nitrogen and oxygen atoms in total. The number of hydrogen-bond donors (Lipinski definition) is 1. The van der Waals surface area contributed by atoms with Gasteiger partial charge in [-0.1, -0.05) is 23.7 Å². The van der Waals surface area contributed by atoms with E-state index < -0.39 is 11.7 Å². The quantitative estimate of drug-likeness (QED) is 0.679. The number of ketones is 1. The van der Waals surface area contributed by atoms with Crippen LogP contribution in [-0.2, 0) is 18.3 Å². The van der Waals surface area contributed by atoms with E-state index in [1.165, 1.54) is 17.1 Å². The molecule has 110 valence electrons. The molecule has 6 heteroatoms. The fourth-order valence-electron chi connectivity index (χ4n) is 2.03. The summed E-state index contributed by atoms with van der Waals surface area (Å²) in [6.07, 6.45) is 3.50. The van der Waals surface area contributed by atoms with Crippen molar-refractivity contribution in [1.29, 1.82) is 0 Å². The number of carbonyl (C=O) groups excluding carboxylic acids is 2. The summed E-state index contributed by atoms with van der Waals surface area (Å²) in [6.45, 7) is 1.84. The lowest BCUT2D eigenvalue weighted by atomic mass is 10.1. The zero-order valence-electron chi connectivity index (χ0n) is 11.8. The van der Waals surface area contributed by atoms with E-state index in [1.54, 1.807) is 13.1 Å². The van der Waals surface area contributed by atoms with Gasteiger partial charge in [-0.25, -0.2) is 0 Å². The Balaban J connectivity index is 1.94. The van der Waals surface area contributed by atoms with Gasteiger partial charge in [-0.2, -0.15) is 5.10 Å². The molecule has 1 aromatic carbocycles. The second kappa shape index (κ2) is 6.54. The number of Topliss-reactive ketones (excluding diaryl/α,β-unsaturated/α-hetero) is 1. The van der Waals surface area contributed by atoms with E-state index in [0.717, 1.165) is 5.56 Å². The van der Waals surface area contributed by atoms with Crippen LogP contribution in [0.1, 0.15) is 22.8 Å². The molecule has 0 fully saturated rings. The molecular weight excluding hydrogens is 290 g/mol. The number of carbonyl (C=O) groups is 2. The van der Waals surface area contributed by atoms with Crippen LogP contribution in [0.2, 0.25) is 5.02 Å². The number of hydrogen-bond acceptors (Lipinski definition) is 3. The molecule has 1 aromatic heterocycles. The van der Waals surface area contributed by atoms with E-state index in [2.05, 4.69) is 10.4 Å². The van der Waals surface area contributed by atoms with Crippen molar-refractivity contribution in [3.8, 4) is 0 Å². The highest BCUT2D eigenvalue weighted by Crippen LogP contribution is 2.12. The Kier molecular flexibility index (Phi) is 4.75. The molecule has 0 aliphatic heterocycles. The van der Waals surface area contributed by atoms with Crippen LogP contribution in [0, 0.1) is 0 Å². The van der Waals surface area contributed by atoms with E-state index in [9.17, 15) is 9.59 Å². The SMILES string of the molecule is CC(Cc1cccc(Cl)c1)NC(=O)C(=O)c1cnn(C)c1. The maximum absolute atomic E-state index is 11.9. The standard InChI is InChI=1S/C15H16ClN3O2/c1-10(6-11-4-3-5-13(16)7-11)18-15(21)14(20)12-8-17-19(2)9-12/h3-5,7-10H,6H2,1-2H3,(H,18,21). The van der Waals surface area contributed by atoms with E-state index in [0.29, 0.717) is 11.4 Å². The molecule has 2 aromatic rings. The summed E-state index contributed by atoms with van der Waals surface area (Å²) < 4.78 is 1.48. The fraction of sp³-hybridized carbons (Fsp3) is 0.267. The van der Waals surface area contributed by atoms with Gasteiger partial charge in [0.2, 0.25) is 0 Å². The number of aromatic nitrogens is 2. The van der Waals surface area contributed by atoms with Crippen LogP contribution in [0.25, 0.3) is 0 Å². The molecule has 1 N–H and O–H groups in total. The van der Waals surface area contributed by atoms with Crippen LogP contribution in [0.15, 0.2) is 36.7 Å². The number of nitrogens with one attached hydrogen (secondary N) is 1. The molecule has 2 rings (SSSR count). The monoisotopic (exact) mass is 305 g/mol. The first kappa shape index (κ1) is 15.3. The minimum absolute atomic E-state index is 0.170. The Morgan fingerprint density at radius 3 is 2.81 bits per heavy atom. The van der Waals surface area contributed by atoms with Crippen molar-refractivity contribution in [2.24, 2.45) is 7.05 Å². The Labute approximate surface area is 127 Å². The van der Waals surface area contributed by atoms with Crippen LogP contribution in [-0.4, -0.2) is 27.5 Å². The van der Waals surface area contributed by atoms with Crippen molar-refractivity contribution in [3.05, 3.63) is 52.8 Å². The van der Waals surface area contributed by atoms with Crippen LogP contribution in [0.3, 0.4) is 0 Å². The predicted molar refractivity (Wildman–Crippen MR) is 80.3 cm³/mol. The smallest absolute Gasteiger partial charge is 0.292 e. The normalized spacial score (nSPS) is 12.0. The summed E-state index contributed by atoms with van der Waals surface area (Å²) in [5, 5.41) is 7.22. The third-order valence-corrected chi connectivity index (χ3v) is 3.22. The Morgan fingerprint density at radius 1 is 1.43 bits per heavy atom. The van der Waals surface area contributed by atoms with Gasteiger partial charge in [0, 0.05) is 24.3 Å². The number of rotatable bonds is 5. The average molecular weight is 306 g/mol. The molecule has 0 saturated heterocycles. The third kappa shape index (κ3) is 4.16. The molecular formula is C15H16ClN3O2. The largest absolute Gasteiger partial charge is 0.346 e. The van der Waals surface area contributed by atoms with Crippen molar-refractivity contribution in [2.45, 2.75) is 19.4 Å². The second-order valence-corrected chi connectivity index (χ2v) is 5.38. The minimum atomic E-state index is -0.627. The van der Waals surface area contributed by atoms with Gasteiger partial charge in [-0.15, -0.1) is 0 Å². The zero-order valence-corrected chi connectivity index (χ0v) is 12.6. The lowest BCUT2D eigenvalue weighted by molar-refractivity contribution is -0.117. The van der Waals surface area contributed by atoms with E-state index >= 15 is 0 Å². The molecule has 0 saturated carbocycles. The maximum atomic E-state index is 11.9. The summed E-state index contributed by atoms with van der Waals surface area (Å²) in [7, 11) is 1.69. The van der Waals surface area contributed by atoms with Gasteiger partial charge < -0.3 is 5.32 Å². The van der Waals surface area contributed by atoms with Gasteiger partial charge >= 0.3 is 0 Å². The van der Waals surface area contributed by atoms with Gasteiger partial charge in [0.05, 0.1) is 11.8 Å². The lowest BCUT2D eigenvalue weighted by Gasteiger charge is -2.13. The van der Waals surface area contributed by atoms with Gasteiger partial charge in [0.1, 0.15) is 0 Å². The van der Waals surface area contributed by atoms with E-state index in [-0.39, 0.29) is 11.6 Å². The summed E-state index contributed by atoms with van der Waals surface area (Å²) >= 11 is 5.92. The van der Waals surface area contributed by atoms with E-state index in [4.69, 9.17) is 11.6 Å². The van der Waals surface area contributed by atoms with Crippen molar-refractivity contribution >= 4 is 23.3 Å². The van der Waals surface area contributed by atoms with Crippen LogP contribution < -0.4 is 5.32 Å². The highest BCUT2D eigenvalue weighted by Gasteiger charge is 2.19. The summed E-state index contributed by atoms with van der Waals surface area (Å²) in [6, 6.07) is 7.24. The van der Waals surface area contributed by atoms with Crippen LogP contribution in [0.5, 0.6) is 0 Å². The van der Waals surface area contributed by atoms with E-state index in [1.807, 2.05) is 25.1 Å². The topological polar surface area (TPSA) is 64.0 Å². The summed E-state index contributed by atoms with van der Waals surface area (Å²) in [5.74, 6) is -1.21. The molecule has 1 amide bonds. The number of halogens is 1. The molecule has 0 radical (unpaired) electrons. The van der Waals surface area contributed by atoms with Crippen molar-refractivity contribution in [1.82, 2.24) is 15.1 Å². The molecule has 0 aliphatic rings. The molecule has 0 bridgehead atoms. The first-order valence-corrected chi connectivity index (χ1v) is 6.92. The molecule has 1 atom stereocenters. The van der Waals surface area contributed by atoms with Crippen molar-refractivity contribution in [2.75, 3.05) is 0 Å². The fourth-order valence-corrected chi connectivity index (χ4v) is 2.24. The second-order valence-electron chi connectivity index (χ2n) is 4.94. The molecule has 21 heavy (non-hydrogen) atoms. The first-order chi connectivity index (χ1) is 9.95. The van der Waals surface area contributed by atoms with Crippen molar-refractivity contribution < 1.29 is 9.59 Å². The number of amides is 1. The summed E-state index contributed by atoms with van der Waals surface area (Å²) in [4.78, 5) is 23.8. The minimum Gasteiger partial charge on any atom is -0.346 e. The third-order valence-electron chi connectivity index (χ3n) is 2.98. The molecule has 1 unspecified atom stereocenters. The van der Waals surface area contributed by atoms with Crippen LogP contribution in [0.4, 0.5) is 0 Å². The first-order valence-electron chi connectivity index (χ1n) is 6.54. The van der Waals surface area contributed by atoms with Gasteiger partial charge in [-0.05, 0) is 31.0 Å². The lowest BCUT2D eigenvalue weighted by Crippen LogP contribution is -2.38. The Morgan fingerprint density at radius 2 is 2.19 bits per heavy atom. The number of aryl methyl sites for hydroxylation is 1. The molecule has 1 heterocycles. The number of benzene rings is 1. The van der Waals surface area contributed by atoms with Gasteiger partial charge in [-0.3, -0.25) is 14.3 Å². The van der Waals surface area contributed by atoms with Crippen LogP contribution >= 0.6 is 11.6 Å². The average Bonchev–Trinajstić information content (AvgIpc) is 2.84. The highest BCUT2D eigenvalue weighted by molar-refractivity contribution is 6.42. The number of nitrogens with zero attached hydrogens (tertiary/aromatic N) is 2. The molecule has 0 aliphatic carbocycles. The van der Waals surface area contributed by atoms with Gasteiger partial charge in [0.15, 0.2) is 0 Å². The Bertz CT molecular complexity index is 666. The zero-order chi connectivity index (χ0) is 15.4. The van der Waals surface area contributed by atoms with Gasteiger partial charge in [0.25, 0.3) is 11.7 Å².